The van der Waals surface area contributed by atoms with E-state index < -0.39 is 0 Å². The van der Waals surface area contributed by atoms with E-state index in [1.165, 1.54) is 5.56 Å². The van der Waals surface area contributed by atoms with Crippen LogP contribution in [-0.4, -0.2) is 70.9 Å². The van der Waals surface area contributed by atoms with E-state index >= 15 is 0 Å². The lowest BCUT2D eigenvalue weighted by Crippen LogP contribution is -2.50. The summed E-state index contributed by atoms with van der Waals surface area (Å²) < 4.78 is 10.9. The van der Waals surface area contributed by atoms with Gasteiger partial charge >= 0.3 is 0 Å². The van der Waals surface area contributed by atoms with Gasteiger partial charge < -0.3 is 19.7 Å². The van der Waals surface area contributed by atoms with E-state index in [9.17, 15) is 0 Å². The first-order valence-corrected chi connectivity index (χ1v) is 10.7. The Morgan fingerprint density at radius 2 is 1.77 bits per heavy atom. The molecule has 3 heterocycles. The van der Waals surface area contributed by atoms with E-state index in [-0.39, 0.29) is 0 Å². The van der Waals surface area contributed by atoms with Crippen LogP contribution in [-0.2, 0) is 6.54 Å². The Morgan fingerprint density at radius 3 is 2.48 bits per heavy atom. The molecule has 0 bridgehead atoms. The van der Waals surface area contributed by atoms with Crippen LogP contribution in [0.15, 0.2) is 29.3 Å². The molecule has 10 heteroatoms. The van der Waals surface area contributed by atoms with Gasteiger partial charge in [-0.2, -0.15) is 4.99 Å². The molecule has 2 N–H and O–H groups in total. The number of nitrogens with zero attached hydrogens (tertiary/aromatic N) is 5. The molecule has 1 fully saturated rings. The maximum Gasteiger partial charge on any atom is 0.231 e. The number of benzene rings is 1. The van der Waals surface area contributed by atoms with Crippen LogP contribution in [0.5, 0.6) is 11.5 Å². The molecule has 4 rings (SSSR count). The fraction of sp³-hybridized carbons (Fsp3) is 0.429. The fourth-order valence-corrected chi connectivity index (χ4v) is 3.71. The van der Waals surface area contributed by atoms with Gasteiger partial charge in [0.25, 0.3) is 0 Å². The summed E-state index contributed by atoms with van der Waals surface area (Å²) in [6.07, 6.45) is 0. The minimum atomic E-state index is 0.297. The molecular formula is C21H27N7O2S. The van der Waals surface area contributed by atoms with Gasteiger partial charge in [-0.3, -0.25) is 10.2 Å². The molecule has 2 aromatic rings. The molecule has 2 aliphatic rings. The van der Waals surface area contributed by atoms with Gasteiger partial charge in [-0.05, 0) is 49.8 Å². The third-order valence-corrected chi connectivity index (χ3v) is 5.44. The van der Waals surface area contributed by atoms with E-state index in [1.807, 2.05) is 26.0 Å². The molecule has 9 nitrogen and oxygen atoms in total. The third kappa shape index (κ3) is 5.39. The Balaban J connectivity index is 1.41. The highest BCUT2D eigenvalue weighted by Gasteiger charge is 2.22. The molecule has 164 valence electrons. The number of hydrogen-bond donors (Lipinski definition) is 2. The number of anilines is 1. The van der Waals surface area contributed by atoms with Crippen molar-refractivity contribution in [1.29, 1.82) is 0 Å². The van der Waals surface area contributed by atoms with E-state index in [2.05, 4.69) is 47.5 Å². The SMILES string of the molecule is CNC(=S)/N=C(/Nc1nc(C)cc(C)n1)N1CCN(Cc2ccc3c(c2)OCO3)CC1. The Bertz CT molecular complexity index is 969. The molecule has 1 aromatic carbocycles. The van der Waals surface area contributed by atoms with Crippen molar-refractivity contribution in [3.63, 3.8) is 0 Å². The highest BCUT2D eigenvalue weighted by molar-refractivity contribution is 7.80. The number of guanidine groups is 1. The zero-order valence-corrected chi connectivity index (χ0v) is 18.8. The summed E-state index contributed by atoms with van der Waals surface area (Å²) in [7, 11) is 1.76. The molecule has 0 spiro atoms. The van der Waals surface area contributed by atoms with Crippen molar-refractivity contribution >= 4 is 29.2 Å². The molecule has 0 aliphatic carbocycles. The average molecular weight is 442 g/mol. The molecule has 0 unspecified atom stereocenters. The molecule has 0 amide bonds. The van der Waals surface area contributed by atoms with Gasteiger partial charge in [-0.1, -0.05) is 6.07 Å². The number of fused-ring (bicyclic) bond motifs is 1. The summed E-state index contributed by atoms with van der Waals surface area (Å²) in [6.45, 7) is 8.48. The summed E-state index contributed by atoms with van der Waals surface area (Å²) >= 11 is 5.28. The number of ether oxygens (including phenoxy) is 2. The van der Waals surface area contributed by atoms with Gasteiger partial charge in [-0.15, -0.1) is 0 Å². The van der Waals surface area contributed by atoms with E-state index in [1.54, 1.807) is 7.05 Å². The second kappa shape index (κ2) is 9.44. The van der Waals surface area contributed by atoms with Crippen LogP contribution in [0.4, 0.5) is 5.95 Å². The number of hydrogen-bond acceptors (Lipinski definition) is 6. The Labute approximate surface area is 187 Å². The lowest BCUT2D eigenvalue weighted by molar-refractivity contribution is 0.172. The van der Waals surface area contributed by atoms with E-state index in [0.29, 0.717) is 23.8 Å². The summed E-state index contributed by atoms with van der Waals surface area (Å²) in [5.74, 6) is 2.82. The molecule has 0 radical (unpaired) electrons. The largest absolute Gasteiger partial charge is 0.454 e. The van der Waals surface area contributed by atoms with Crippen LogP contribution in [0.25, 0.3) is 0 Å². The van der Waals surface area contributed by atoms with Crippen molar-refractivity contribution in [3.05, 3.63) is 41.2 Å². The Morgan fingerprint density at radius 1 is 1.06 bits per heavy atom. The molecule has 1 saturated heterocycles. The van der Waals surface area contributed by atoms with Crippen molar-refractivity contribution in [2.75, 3.05) is 45.3 Å². The first-order chi connectivity index (χ1) is 15.0. The highest BCUT2D eigenvalue weighted by atomic mass is 32.1. The van der Waals surface area contributed by atoms with Crippen LogP contribution in [0, 0.1) is 13.8 Å². The minimum Gasteiger partial charge on any atom is -0.454 e. The smallest absolute Gasteiger partial charge is 0.231 e. The number of piperazine rings is 1. The number of thiocarbonyl (C=S) groups is 1. The number of nitrogens with one attached hydrogen (secondary N) is 2. The lowest BCUT2D eigenvalue weighted by atomic mass is 10.1. The topological polar surface area (TPSA) is 87.1 Å². The van der Waals surface area contributed by atoms with E-state index in [4.69, 9.17) is 21.7 Å². The monoisotopic (exact) mass is 441 g/mol. The summed E-state index contributed by atoms with van der Waals surface area (Å²) in [6, 6.07) is 8.07. The van der Waals surface area contributed by atoms with E-state index in [0.717, 1.165) is 55.6 Å². The molecule has 0 atom stereocenters. The fourth-order valence-electron chi connectivity index (χ4n) is 3.63. The third-order valence-electron chi connectivity index (χ3n) is 5.14. The van der Waals surface area contributed by atoms with Crippen LogP contribution in [0.3, 0.4) is 0 Å². The maximum absolute atomic E-state index is 5.49. The summed E-state index contributed by atoms with van der Waals surface area (Å²) in [4.78, 5) is 18.1. The van der Waals surface area contributed by atoms with Crippen molar-refractivity contribution in [1.82, 2.24) is 25.1 Å². The summed E-state index contributed by atoms with van der Waals surface area (Å²) in [5, 5.41) is 6.59. The molecule has 2 aliphatic heterocycles. The first kappa shape index (κ1) is 21.3. The van der Waals surface area contributed by atoms with Gasteiger partial charge in [-0.25, -0.2) is 9.97 Å². The van der Waals surface area contributed by atoms with Gasteiger partial charge in [0.05, 0.1) is 0 Å². The second-order valence-electron chi connectivity index (χ2n) is 7.54. The maximum atomic E-state index is 5.49. The number of rotatable bonds is 3. The normalized spacial score (nSPS) is 16.4. The van der Waals surface area contributed by atoms with Gasteiger partial charge in [0.1, 0.15) is 0 Å². The minimum absolute atomic E-state index is 0.297. The number of aryl methyl sites for hydroxylation is 2. The molecule has 1 aromatic heterocycles. The summed E-state index contributed by atoms with van der Waals surface area (Å²) in [5.41, 5.74) is 3.02. The van der Waals surface area contributed by atoms with Gasteiger partial charge in [0.2, 0.25) is 18.7 Å². The zero-order chi connectivity index (χ0) is 21.8. The predicted molar refractivity (Wildman–Crippen MR) is 124 cm³/mol. The lowest BCUT2D eigenvalue weighted by Gasteiger charge is -2.36. The van der Waals surface area contributed by atoms with Crippen molar-refractivity contribution in [3.8, 4) is 11.5 Å². The van der Waals surface area contributed by atoms with Crippen LogP contribution < -0.4 is 20.1 Å². The van der Waals surface area contributed by atoms with Gasteiger partial charge in [0.15, 0.2) is 16.6 Å². The highest BCUT2D eigenvalue weighted by Crippen LogP contribution is 2.32. The standard InChI is InChI=1S/C21H27N7O2S/c1-14-10-15(2)24-19(23-14)25-20(26-21(31)22-3)28-8-6-27(7-9-28)12-16-4-5-17-18(11-16)30-13-29-17/h4-5,10-11H,6-9,12-13H2,1-3H3,(H2,22,23,24,25,26,31). The quantitative estimate of drug-likeness (QED) is 0.421. The van der Waals surface area contributed by atoms with Gasteiger partial charge in [0, 0.05) is 51.2 Å². The van der Waals surface area contributed by atoms with Crippen molar-refractivity contribution in [2.45, 2.75) is 20.4 Å². The zero-order valence-electron chi connectivity index (χ0n) is 18.0. The predicted octanol–water partition coefficient (Wildman–Crippen LogP) is 1.91. The first-order valence-electron chi connectivity index (χ1n) is 10.3. The molecule has 0 saturated carbocycles. The number of aliphatic imine (C=N–C) groups is 1. The Kier molecular flexibility index (Phi) is 6.47. The van der Waals surface area contributed by atoms with Crippen LogP contribution >= 0.6 is 12.2 Å². The van der Waals surface area contributed by atoms with Crippen molar-refractivity contribution in [2.24, 2.45) is 4.99 Å². The molecular weight excluding hydrogens is 414 g/mol. The van der Waals surface area contributed by atoms with Crippen molar-refractivity contribution < 1.29 is 9.47 Å². The van der Waals surface area contributed by atoms with Crippen LogP contribution in [0.1, 0.15) is 17.0 Å². The number of aromatic nitrogens is 2. The Hall–Kier alpha value is -2.98. The second-order valence-corrected chi connectivity index (χ2v) is 7.93. The van der Waals surface area contributed by atoms with Crippen LogP contribution in [0.2, 0.25) is 0 Å². The average Bonchev–Trinajstić information content (AvgIpc) is 3.21. The molecule has 31 heavy (non-hydrogen) atoms.